The fourth-order valence-electron chi connectivity index (χ4n) is 1.06. The van der Waals surface area contributed by atoms with Gasteiger partial charge < -0.3 is 10.8 Å². The molecule has 0 aliphatic rings. The zero-order chi connectivity index (χ0) is 10.7. The number of anilines is 1. The Morgan fingerprint density at radius 3 is 2.71 bits per heavy atom. The summed E-state index contributed by atoms with van der Waals surface area (Å²) in [5.41, 5.74) is 4.38. The summed E-state index contributed by atoms with van der Waals surface area (Å²) in [5, 5.41) is 17.4. The minimum absolute atomic E-state index is 0.0130. The van der Waals surface area contributed by atoms with Gasteiger partial charge in [0.15, 0.2) is 0 Å². The lowest BCUT2D eigenvalue weighted by Crippen LogP contribution is -2.05. The van der Waals surface area contributed by atoms with E-state index in [1.807, 2.05) is 0 Å². The van der Waals surface area contributed by atoms with Gasteiger partial charge in [-0.2, -0.15) is 5.26 Å². The van der Waals surface area contributed by atoms with E-state index >= 15 is 0 Å². The maximum absolute atomic E-state index is 12.3. The Labute approximate surface area is 78.6 Å². The molecular formula is C8H7F2N3O. The highest BCUT2D eigenvalue weighted by molar-refractivity contribution is 5.57. The number of pyridine rings is 1. The first-order valence-corrected chi connectivity index (χ1v) is 3.68. The first-order valence-electron chi connectivity index (χ1n) is 3.68. The fourth-order valence-corrected chi connectivity index (χ4v) is 1.06. The van der Waals surface area contributed by atoms with E-state index in [4.69, 9.17) is 16.1 Å². The standard InChI is InChI=1S/C8H7F2N3O/c9-8(10)7-5(3-14)4(1-11)6(12)2-13-7/h2,8,14H,3,12H2. The summed E-state index contributed by atoms with van der Waals surface area (Å²) < 4.78 is 24.7. The molecule has 3 N–H and O–H groups in total. The zero-order valence-electron chi connectivity index (χ0n) is 7.04. The van der Waals surface area contributed by atoms with Crippen molar-refractivity contribution in [1.82, 2.24) is 4.98 Å². The molecule has 0 saturated heterocycles. The van der Waals surface area contributed by atoms with Crippen LogP contribution < -0.4 is 5.73 Å². The van der Waals surface area contributed by atoms with Crippen molar-refractivity contribution in [2.24, 2.45) is 0 Å². The molecule has 0 fully saturated rings. The number of halogens is 2. The predicted molar refractivity (Wildman–Crippen MR) is 44.2 cm³/mol. The van der Waals surface area contributed by atoms with Crippen molar-refractivity contribution in [2.75, 3.05) is 5.73 Å². The Hall–Kier alpha value is -1.74. The van der Waals surface area contributed by atoms with Gasteiger partial charge in [0.1, 0.15) is 11.8 Å². The molecule has 4 nitrogen and oxygen atoms in total. The van der Waals surface area contributed by atoms with Crippen LogP contribution in [0, 0.1) is 11.3 Å². The molecule has 0 spiro atoms. The number of alkyl halides is 2. The van der Waals surface area contributed by atoms with Crippen molar-refractivity contribution >= 4 is 5.69 Å². The molecule has 6 heteroatoms. The maximum Gasteiger partial charge on any atom is 0.280 e. The Bertz CT molecular complexity index is 387. The quantitative estimate of drug-likeness (QED) is 0.743. The van der Waals surface area contributed by atoms with Crippen LogP contribution in [-0.4, -0.2) is 10.1 Å². The molecule has 0 saturated carbocycles. The van der Waals surface area contributed by atoms with Crippen molar-refractivity contribution < 1.29 is 13.9 Å². The number of hydrogen-bond donors (Lipinski definition) is 2. The summed E-state index contributed by atoms with van der Waals surface area (Å²) in [6, 6.07) is 1.65. The lowest BCUT2D eigenvalue weighted by molar-refractivity contribution is 0.141. The van der Waals surface area contributed by atoms with Crippen molar-refractivity contribution in [3.63, 3.8) is 0 Å². The molecule has 0 bridgehead atoms. The second kappa shape index (κ2) is 3.98. The molecule has 74 valence electrons. The highest BCUT2D eigenvalue weighted by Gasteiger charge is 2.19. The minimum Gasteiger partial charge on any atom is -0.396 e. The number of rotatable bonds is 2. The normalized spacial score (nSPS) is 10.2. The number of aliphatic hydroxyl groups is 1. The molecule has 1 aromatic rings. The number of nitrogen functional groups attached to an aromatic ring is 1. The second-order valence-electron chi connectivity index (χ2n) is 2.52. The van der Waals surface area contributed by atoms with Crippen LogP contribution >= 0.6 is 0 Å². The van der Waals surface area contributed by atoms with Gasteiger partial charge in [0.05, 0.1) is 24.1 Å². The van der Waals surface area contributed by atoms with Crippen LogP contribution in [0.2, 0.25) is 0 Å². The van der Waals surface area contributed by atoms with E-state index in [-0.39, 0.29) is 16.8 Å². The van der Waals surface area contributed by atoms with E-state index in [9.17, 15) is 8.78 Å². The van der Waals surface area contributed by atoms with Crippen molar-refractivity contribution in [3.05, 3.63) is 23.0 Å². The van der Waals surface area contributed by atoms with Crippen molar-refractivity contribution in [3.8, 4) is 6.07 Å². The summed E-state index contributed by atoms with van der Waals surface area (Å²) >= 11 is 0. The molecule has 0 aromatic carbocycles. The van der Waals surface area contributed by atoms with Gasteiger partial charge in [-0.05, 0) is 0 Å². The van der Waals surface area contributed by atoms with E-state index in [0.29, 0.717) is 0 Å². The lowest BCUT2D eigenvalue weighted by Gasteiger charge is -2.08. The van der Waals surface area contributed by atoms with Crippen molar-refractivity contribution in [2.45, 2.75) is 13.0 Å². The van der Waals surface area contributed by atoms with Crippen LogP contribution in [0.4, 0.5) is 14.5 Å². The average Bonchev–Trinajstić information content (AvgIpc) is 2.16. The third-order valence-corrected chi connectivity index (χ3v) is 1.72. The molecular weight excluding hydrogens is 192 g/mol. The van der Waals surface area contributed by atoms with Gasteiger partial charge in [-0.3, -0.25) is 4.98 Å². The lowest BCUT2D eigenvalue weighted by atomic mass is 10.1. The topological polar surface area (TPSA) is 82.9 Å². The van der Waals surface area contributed by atoms with Gasteiger partial charge in [-0.15, -0.1) is 0 Å². The van der Waals surface area contributed by atoms with Crippen LogP contribution in [-0.2, 0) is 6.61 Å². The average molecular weight is 199 g/mol. The van der Waals surface area contributed by atoms with Crippen molar-refractivity contribution in [1.29, 1.82) is 5.26 Å². The van der Waals surface area contributed by atoms with Gasteiger partial charge in [0.25, 0.3) is 6.43 Å². The first kappa shape index (κ1) is 10.3. The van der Waals surface area contributed by atoms with Crippen LogP contribution in [0.5, 0.6) is 0 Å². The van der Waals surface area contributed by atoms with Crippen LogP contribution in [0.1, 0.15) is 23.2 Å². The summed E-state index contributed by atoms with van der Waals surface area (Å²) in [4.78, 5) is 3.37. The molecule has 0 amide bonds. The maximum atomic E-state index is 12.3. The number of aromatic nitrogens is 1. The summed E-state index contributed by atoms with van der Waals surface area (Å²) in [6.45, 7) is -0.680. The molecule has 1 rings (SSSR count). The van der Waals surface area contributed by atoms with Gasteiger partial charge in [-0.1, -0.05) is 0 Å². The van der Waals surface area contributed by atoms with Gasteiger partial charge in [0, 0.05) is 5.56 Å². The van der Waals surface area contributed by atoms with E-state index in [1.165, 1.54) is 0 Å². The number of nitrogens with two attached hydrogens (primary N) is 1. The smallest absolute Gasteiger partial charge is 0.280 e. The Morgan fingerprint density at radius 1 is 1.64 bits per heavy atom. The predicted octanol–water partition coefficient (Wildman–Crippen LogP) is 0.965. The third-order valence-electron chi connectivity index (χ3n) is 1.72. The molecule has 0 unspecified atom stereocenters. The summed E-state index contributed by atoms with van der Waals surface area (Å²) in [5.74, 6) is 0. The Kier molecular flexibility index (Phi) is 2.94. The SMILES string of the molecule is N#Cc1c(N)cnc(C(F)F)c1CO. The largest absolute Gasteiger partial charge is 0.396 e. The zero-order valence-corrected chi connectivity index (χ0v) is 7.04. The monoisotopic (exact) mass is 199 g/mol. The van der Waals surface area contributed by atoms with E-state index < -0.39 is 18.7 Å². The van der Waals surface area contributed by atoms with E-state index in [0.717, 1.165) is 6.20 Å². The first-order chi connectivity index (χ1) is 6.61. The van der Waals surface area contributed by atoms with Gasteiger partial charge in [-0.25, -0.2) is 8.78 Å². The molecule has 1 aromatic heterocycles. The Balaban J connectivity index is 3.42. The number of nitriles is 1. The fraction of sp³-hybridized carbons (Fsp3) is 0.250. The van der Waals surface area contributed by atoms with E-state index in [2.05, 4.69) is 4.98 Å². The Morgan fingerprint density at radius 2 is 2.29 bits per heavy atom. The number of aliphatic hydroxyl groups excluding tert-OH is 1. The summed E-state index contributed by atoms with van der Waals surface area (Å²) in [7, 11) is 0. The minimum atomic E-state index is -2.83. The third kappa shape index (κ3) is 1.63. The molecule has 1 heterocycles. The molecule has 14 heavy (non-hydrogen) atoms. The van der Waals surface area contributed by atoms with Gasteiger partial charge >= 0.3 is 0 Å². The molecule has 0 aliphatic carbocycles. The molecule has 0 aliphatic heterocycles. The van der Waals surface area contributed by atoms with Crippen LogP contribution in [0.3, 0.4) is 0 Å². The molecule has 0 atom stereocenters. The number of hydrogen-bond acceptors (Lipinski definition) is 4. The number of nitrogens with zero attached hydrogens (tertiary/aromatic N) is 2. The van der Waals surface area contributed by atoms with Crippen LogP contribution in [0.15, 0.2) is 6.20 Å². The summed E-state index contributed by atoms with van der Waals surface area (Å²) in [6.07, 6.45) is -1.84. The van der Waals surface area contributed by atoms with E-state index in [1.54, 1.807) is 6.07 Å². The highest BCUT2D eigenvalue weighted by Crippen LogP contribution is 2.25. The van der Waals surface area contributed by atoms with Gasteiger partial charge in [0.2, 0.25) is 0 Å². The van der Waals surface area contributed by atoms with Crippen LogP contribution in [0.25, 0.3) is 0 Å². The highest BCUT2D eigenvalue weighted by atomic mass is 19.3. The second-order valence-corrected chi connectivity index (χ2v) is 2.52. The molecule has 0 radical (unpaired) electrons.